The lowest BCUT2D eigenvalue weighted by molar-refractivity contribution is -0.124. The second-order valence-electron chi connectivity index (χ2n) is 8.30. The number of carbonyl (C=O) groups excluding carboxylic acids is 2. The summed E-state index contributed by atoms with van der Waals surface area (Å²) >= 11 is 3.47. The molecule has 2 amide bonds. The molecule has 2 unspecified atom stereocenters. The van der Waals surface area contributed by atoms with Crippen LogP contribution < -0.4 is 19.7 Å². The molecule has 7 heteroatoms. The molecule has 1 aliphatic heterocycles. The number of methoxy groups -OCH3 is 1. The van der Waals surface area contributed by atoms with Crippen LogP contribution in [-0.2, 0) is 9.59 Å². The van der Waals surface area contributed by atoms with Crippen LogP contribution in [0.25, 0.3) is 6.08 Å². The number of hydrogen-bond acceptors (Lipinski definition) is 4. The van der Waals surface area contributed by atoms with Crippen molar-refractivity contribution in [3.63, 3.8) is 0 Å². The molecule has 1 N–H and O–H groups in total. The Morgan fingerprint density at radius 3 is 2.78 bits per heavy atom. The van der Waals surface area contributed by atoms with Crippen LogP contribution in [0, 0.1) is 5.92 Å². The minimum absolute atomic E-state index is 0.0495. The molecule has 2 aromatic carbocycles. The highest BCUT2D eigenvalue weighted by Crippen LogP contribution is 2.36. The van der Waals surface area contributed by atoms with Crippen molar-refractivity contribution in [1.29, 1.82) is 0 Å². The number of fused-ring (bicyclic) bond motifs is 1. The fraction of sp³-hybridized carbons (Fsp3) is 0.360. The molecule has 0 radical (unpaired) electrons. The summed E-state index contributed by atoms with van der Waals surface area (Å²) in [4.78, 5) is 27.7. The molecule has 0 saturated heterocycles. The number of hydrogen-bond donors (Lipinski definition) is 1. The molecule has 168 valence electrons. The van der Waals surface area contributed by atoms with E-state index in [1.165, 1.54) is 11.3 Å². The number of rotatable bonds is 5. The van der Waals surface area contributed by atoms with Gasteiger partial charge in [0.15, 0.2) is 11.5 Å². The molecular formula is C25H27BrN2O4. The van der Waals surface area contributed by atoms with Crippen molar-refractivity contribution in [1.82, 2.24) is 5.32 Å². The fourth-order valence-electron chi connectivity index (χ4n) is 4.27. The van der Waals surface area contributed by atoms with Crippen molar-refractivity contribution in [2.24, 2.45) is 5.92 Å². The van der Waals surface area contributed by atoms with Gasteiger partial charge in [-0.25, -0.2) is 0 Å². The Bertz CT molecular complexity index is 1050. The number of ether oxygens (including phenoxy) is 2. The predicted molar refractivity (Wildman–Crippen MR) is 128 cm³/mol. The maximum absolute atomic E-state index is 13.3. The minimum atomic E-state index is -0.345. The first-order valence-corrected chi connectivity index (χ1v) is 11.7. The number of nitrogens with one attached hydrogen (secondary N) is 1. The summed E-state index contributed by atoms with van der Waals surface area (Å²) in [5.74, 6) is 1.36. The monoisotopic (exact) mass is 498 g/mol. The summed E-state index contributed by atoms with van der Waals surface area (Å²) in [5.41, 5.74) is 1.37. The van der Waals surface area contributed by atoms with Gasteiger partial charge in [-0.3, -0.25) is 14.5 Å². The number of benzene rings is 2. The van der Waals surface area contributed by atoms with Crippen LogP contribution in [0.5, 0.6) is 11.5 Å². The summed E-state index contributed by atoms with van der Waals surface area (Å²) in [6, 6.07) is 12.9. The van der Waals surface area contributed by atoms with Crippen LogP contribution in [0.1, 0.15) is 38.2 Å². The van der Waals surface area contributed by atoms with Crippen LogP contribution in [0.4, 0.5) is 5.69 Å². The average Bonchev–Trinajstić information content (AvgIpc) is 2.78. The highest BCUT2D eigenvalue weighted by molar-refractivity contribution is 9.10. The molecule has 4 rings (SSSR count). The molecule has 1 heterocycles. The summed E-state index contributed by atoms with van der Waals surface area (Å²) in [7, 11) is 1.60. The molecule has 1 saturated carbocycles. The molecular weight excluding hydrogens is 472 g/mol. The smallest absolute Gasteiger partial charge is 0.294 e. The van der Waals surface area contributed by atoms with Gasteiger partial charge in [0, 0.05) is 6.04 Å². The van der Waals surface area contributed by atoms with Gasteiger partial charge in [-0.05, 0) is 70.6 Å². The molecule has 2 aliphatic rings. The maximum Gasteiger partial charge on any atom is 0.294 e. The summed E-state index contributed by atoms with van der Waals surface area (Å²) in [6.45, 7) is 2.12. The number of carbonyl (C=O) groups is 2. The first kappa shape index (κ1) is 22.4. The largest absolute Gasteiger partial charge is 0.496 e. The lowest BCUT2D eigenvalue weighted by atomic mass is 9.86. The molecule has 1 aliphatic carbocycles. The lowest BCUT2D eigenvalue weighted by Crippen LogP contribution is -2.48. The Kier molecular flexibility index (Phi) is 6.84. The van der Waals surface area contributed by atoms with Gasteiger partial charge in [0.05, 0.1) is 17.3 Å². The SMILES string of the molecule is COc1ccc(C=C2Oc3ccccc3N(CC(=O)NC3CCCCC3C)C2=O)cc1Br. The van der Waals surface area contributed by atoms with Crippen molar-refractivity contribution in [2.45, 2.75) is 38.6 Å². The Labute approximate surface area is 196 Å². The molecule has 6 nitrogen and oxygen atoms in total. The summed E-state index contributed by atoms with van der Waals surface area (Å²) in [5, 5.41) is 3.14. The van der Waals surface area contributed by atoms with Crippen LogP contribution in [0.3, 0.4) is 0 Å². The molecule has 2 aromatic rings. The minimum Gasteiger partial charge on any atom is -0.496 e. The first-order chi connectivity index (χ1) is 15.5. The zero-order valence-electron chi connectivity index (χ0n) is 18.3. The number of amides is 2. The van der Waals surface area contributed by atoms with E-state index in [2.05, 4.69) is 28.2 Å². The lowest BCUT2D eigenvalue weighted by Gasteiger charge is -2.32. The standard InChI is InChI=1S/C25H27BrN2O4/c1-16-7-3-4-8-19(16)27-24(29)15-28-20-9-5-6-10-22(20)32-23(25(28)30)14-17-11-12-21(31-2)18(26)13-17/h5-6,9-14,16,19H,3-4,7-8,15H2,1-2H3,(H,27,29). The quantitative estimate of drug-likeness (QED) is 0.594. The van der Waals surface area contributed by atoms with E-state index < -0.39 is 0 Å². The van der Waals surface area contributed by atoms with Gasteiger partial charge in [-0.2, -0.15) is 0 Å². The zero-order valence-corrected chi connectivity index (χ0v) is 19.9. The van der Waals surface area contributed by atoms with Gasteiger partial charge in [-0.1, -0.05) is 38.0 Å². The van der Waals surface area contributed by atoms with Gasteiger partial charge in [0.1, 0.15) is 12.3 Å². The Morgan fingerprint density at radius 2 is 2.03 bits per heavy atom. The normalized spacial score (nSPS) is 21.7. The number of halogens is 1. The molecule has 2 atom stereocenters. The van der Waals surface area contributed by atoms with Crippen molar-refractivity contribution in [2.75, 3.05) is 18.6 Å². The average molecular weight is 499 g/mol. The van der Waals surface area contributed by atoms with E-state index in [0.29, 0.717) is 23.1 Å². The number of anilines is 1. The van der Waals surface area contributed by atoms with E-state index in [0.717, 1.165) is 29.3 Å². The second-order valence-corrected chi connectivity index (χ2v) is 9.15. The molecule has 0 spiro atoms. The van der Waals surface area contributed by atoms with Crippen molar-refractivity contribution in [3.05, 3.63) is 58.3 Å². The molecule has 32 heavy (non-hydrogen) atoms. The van der Waals surface area contributed by atoms with E-state index in [9.17, 15) is 9.59 Å². The zero-order chi connectivity index (χ0) is 22.7. The summed E-state index contributed by atoms with van der Waals surface area (Å²) < 4.78 is 12.0. The van der Waals surface area contributed by atoms with E-state index in [1.54, 1.807) is 25.3 Å². The Hall–Kier alpha value is -2.80. The summed E-state index contributed by atoms with van der Waals surface area (Å²) in [6.07, 6.45) is 6.11. The highest BCUT2D eigenvalue weighted by Gasteiger charge is 2.32. The van der Waals surface area contributed by atoms with Gasteiger partial charge >= 0.3 is 0 Å². The number of nitrogens with zero attached hydrogens (tertiary/aromatic N) is 1. The van der Waals surface area contributed by atoms with E-state index in [4.69, 9.17) is 9.47 Å². The van der Waals surface area contributed by atoms with E-state index >= 15 is 0 Å². The predicted octanol–water partition coefficient (Wildman–Crippen LogP) is 4.92. The van der Waals surface area contributed by atoms with Crippen LogP contribution in [0.2, 0.25) is 0 Å². The molecule has 0 bridgehead atoms. The third kappa shape index (κ3) is 4.83. The Morgan fingerprint density at radius 1 is 1.25 bits per heavy atom. The fourth-order valence-corrected chi connectivity index (χ4v) is 4.83. The first-order valence-electron chi connectivity index (χ1n) is 10.9. The Balaban J connectivity index is 1.58. The maximum atomic E-state index is 13.3. The van der Waals surface area contributed by atoms with E-state index in [1.807, 2.05) is 30.3 Å². The van der Waals surface area contributed by atoms with Crippen molar-refractivity contribution in [3.8, 4) is 11.5 Å². The third-order valence-electron chi connectivity index (χ3n) is 6.07. The van der Waals surface area contributed by atoms with Crippen LogP contribution >= 0.6 is 15.9 Å². The number of para-hydroxylation sites is 2. The van der Waals surface area contributed by atoms with Gasteiger partial charge < -0.3 is 14.8 Å². The van der Waals surface area contributed by atoms with Crippen molar-refractivity contribution < 1.29 is 19.1 Å². The molecule has 0 aromatic heterocycles. The highest BCUT2D eigenvalue weighted by atomic mass is 79.9. The second kappa shape index (κ2) is 9.77. The van der Waals surface area contributed by atoms with Gasteiger partial charge in [-0.15, -0.1) is 0 Å². The molecule has 1 fully saturated rings. The van der Waals surface area contributed by atoms with Crippen LogP contribution in [-0.4, -0.2) is 31.5 Å². The van der Waals surface area contributed by atoms with Crippen LogP contribution in [0.15, 0.2) is 52.7 Å². The topological polar surface area (TPSA) is 67.9 Å². The van der Waals surface area contributed by atoms with E-state index in [-0.39, 0.29) is 30.2 Å². The van der Waals surface area contributed by atoms with Crippen molar-refractivity contribution >= 4 is 39.5 Å². The third-order valence-corrected chi connectivity index (χ3v) is 6.68. The van der Waals surface area contributed by atoms with Gasteiger partial charge in [0.2, 0.25) is 5.91 Å². The van der Waals surface area contributed by atoms with Gasteiger partial charge in [0.25, 0.3) is 5.91 Å².